The Kier molecular flexibility index (Phi) is 5.83. The molecule has 31 heavy (non-hydrogen) atoms. The molecule has 0 bridgehead atoms. The first-order chi connectivity index (χ1) is 14.8. The van der Waals surface area contributed by atoms with Crippen LogP contribution in [0.25, 0.3) is 0 Å². The number of ether oxygens (including phenoxy) is 1. The maximum Gasteiger partial charge on any atom is 0.257 e. The minimum absolute atomic E-state index is 0.0222. The van der Waals surface area contributed by atoms with Gasteiger partial charge in [-0.25, -0.2) is 14.4 Å². The number of benzene rings is 1. The minimum Gasteiger partial charge on any atom is -0.451 e. The molecular formula is C23H30FN5O2. The Labute approximate surface area is 182 Å². The Balaban J connectivity index is 1.56. The summed E-state index contributed by atoms with van der Waals surface area (Å²) in [6.45, 7) is 7.91. The van der Waals surface area contributed by atoms with E-state index in [0.29, 0.717) is 22.7 Å². The van der Waals surface area contributed by atoms with E-state index in [0.717, 1.165) is 26.2 Å². The molecule has 166 valence electrons. The van der Waals surface area contributed by atoms with Crippen LogP contribution in [-0.2, 0) is 0 Å². The Morgan fingerprint density at radius 1 is 1.23 bits per heavy atom. The van der Waals surface area contributed by atoms with E-state index >= 15 is 0 Å². The van der Waals surface area contributed by atoms with Gasteiger partial charge in [0.05, 0.1) is 11.8 Å². The molecule has 8 heteroatoms. The van der Waals surface area contributed by atoms with E-state index in [1.807, 2.05) is 13.8 Å². The second-order valence-corrected chi connectivity index (χ2v) is 9.12. The smallest absolute Gasteiger partial charge is 0.257 e. The predicted octanol–water partition coefficient (Wildman–Crippen LogP) is 3.42. The highest BCUT2D eigenvalue weighted by atomic mass is 19.1. The first-order valence-corrected chi connectivity index (χ1v) is 10.8. The first kappa shape index (κ1) is 21.5. The number of piperidine rings is 1. The molecule has 0 aliphatic carbocycles. The van der Waals surface area contributed by atoms with Gasteiger partial charge in [0.15, 0.2) is 11.6 Å². The number of amides is 1. The molecule has 7 nitrogen and oxygen atoms in total. The average molecular weight is 428 g/mol. The molecule has 1 amide bonds. The number of hydrogen-bond donors (Lipinski definition) is 0. The summed E-state index contributed by atoms with van der Waals surface area (Å²) in [7, 11) is 3.86. The van der Waals surface area contributed by atoms with Crippen LogP contribution < -0.4 is 9.64 Å². The van der Waals surface area contributed by atoms with Crippen molar-refractivity contribution in [3.8, 4) is 11.5 Å². The van der Waals surface area contributed by atoms with E-state index in [-0.39, 0.29) is 17.5 Å². The normalized spacial score (nSPS) is 18.2. The quantitative estimate of drug-likeness (QED) is 0.729. The van der Waals surface area contributed by atoms with Crippen LogP contribution in [0.3, 0.4) is 0 Å². The van der Waals surface area contributed by atoms with Crippen molar-refractivity contribution < 1.29 is 13.9 Å². The van der Waals surface area contributed by atoms with Crippen LogP contribution >= 0.6 is 0 Å². The zero-order valence-electron chi connectivity index (χ0n) is 18.6. The molecule has 2 fully saturated rings. The van der Waals surface area contributed by atoms with Crippen LogP contribution in [0, 0.1) is 11.2 Å². The third-order valence-corrected chi connectivity index (χ3v) is 6.55. The van der Waals surface area contributed by atoms with Gasteiger partial charge in [-0.3, -0.25) is 4.79 Å². The number of aromatic nitrogens is 2. The summed E-state index contributed by atoms with van der Waals surface area (Å²) in [5.74, 6) is 0.698. The SMILES string of the molecule is CC(C)N(C)C(=O)c1cc(F)ccc1Oc1cncnc1N1CC2(CCN(C)CC2)C1. The molecule has 3 heterocycles. The molecule has 1 aromatic heterocycles. The molecule has 2 aromatic rings. The van der Waals surface area contributed by atoms with Crippen LogP contribution in [0.2, 0.25) is 0 Å². The maximum atomic E-state index is 13.9. The van der Waals surface area contributed by atoms with E-state index < -0.39 is 5.82 Å². The molecule has 4 rings (SSSR count). The molecule has 0 N–H and O–H groups in total. The van der Waals surface area contributed by atoms with E-state index in [1.165, 1.54) is 37.4 Å². The lowest BCUT2D eigenvalue weighted by Crippen LogP contribution is -2.60. The lowest BCUT2D eigenvalue weighted by molar-refractivity contribution is 0.0751. The van der Waals surface area contributed by atoms with Crippen molar-refractivity contribution in [1.29, 1.82) is 0 Å². The largest absolute Gasteiger partial charge is 0.451 e. The van der Waals surface area contributed by atoms with Crippen molar-refractivity contribution in [2.75, 3.05) is 45.2 Å². The summed E-state index contributed by atoms with van der Waals surface area (Å²) in [6, 6.07) is 3.98. The molecule has 0 radical (unpaired) electrons. The second-order valence-electron chi connectivity index (χ2n) is 9.12. The highest BCUT2D eigenvalue weighted by Crippen LogP contribution is 2.44. The van der Waals surface area contributed by atoms with E-state index in [4.69, 9.17) is 4.74 Å². The molecule has 0 saturated carbocycles. The maximum absolute atomic E-state index is 13.9. The van der Waals surface area contributed by atoms with Crippen molar-refractivity contribution in [2.45, 2.75) is 32.7 Å². The highest BCUT2D eigenvalue weighted by molar-refractivity contribution is 5.97. The monoisotopic (exact) mass is 427 g/mol. The third-order valence-electron chi connectivity index (χ3n) is 6.55. The van der Waals surface area contributed by atoms with Crippen LogP contribution in [-0.4, -0.2) is 72.0 Å². The van der Waals surface area contributed by atoms with Crippen LogP contribution in [0.4, 0.5) is 10.2 Å². The van der Waals surface area contributed by atoms with Gasteiger partial charge in [-0.2, -0.15) is 0 Å². The van der Waals surface area contributed by atoms with Crippen molar-refractivity contribution in [2.24, 2.45) is 5.41 Å². The number of nitrogens with zero attached hydrogens (tertiary/aromatic N) is 5. The van der Waals surface area contributed by atoms with Crippen molar-refractivity contribution in [3.63, 3.8) is 0 Å². The number of carbonyl (C=O) groups excluding carboxylic acids is 1. The molecule has 2 saturated heterocycles. The van der Waals surface area contributed by atoms with Crippen LogP contribution in [0.15, 0.2) is 30.7 Å². The summed E-state index contributed by atoms with van der Waals surface area (Å²) in [5.41, 5.74) is 0.521. The fraction of sp³-hybridized carbons (Fsp3) is 0.522. The number of likely N-dealkylation sites (tertiary alicyclic amines) is 1. The highest BCUT2D eigenvalue weighted by Gasteiger charge is 2.45. The average Bonchev–Trinajstić information content (AvgIpc) is 2.73. The first-order valence-electron chi connectivity index (χ1n) is 10.8. The fourth-order valence-electron chi connectivity index (χ4n) is 4.24. The Morgan fingerprint density at radius 3 is 2.61 bits per heavy atom. The Hall–Kier alpha value is -2.74. The van der Waals surface area contributed by atoms with Gasteiger partial charge in [-0.05, 0) is 65.0 Å². The number of anilines is 1. The van der Waals surface area contributed by atoms with Gasteiger partial charge in [-0.1, -0.05) is 0 Å². The van der Waals surface area contributed by atoms with Gasteiger partial charge in [0.1, 0.15) is 17.9 Å². The van der Waals surface area contributed by atoms with Crippen molar-refractivity contribution in [1.82, 2.24) is 19.8 Å². The van der Waals surface area contributed by atoms with Gasteiger partial charge < -0.3 is 19.4 Å². The van der Waals surface area contributed by atoms with Gasteiger partial charge in [0, 0.05) is 31.6 Å². The summed E-state index contributed by atoms with van der Waals surface area (Å²) < 4.78 is 20.1. The van der Waals surface area contributed by atoms with E-state index in [9.17, 15) is 9.18 Å². The number of halogens is 1. The molecular weight excluding hydrogens is 397 g/mol. The Bertz CT molecular complexity index is 951. The second kappa shape index (κ2) is 8.42. The zero-order chi connectivity index (χ0) is 22.2. The third kappa shape index (κ3) is 4.35. The van der Waals surface area contributed by atoms with Crippen molar-refractivity contribution in [3.05, 3.63) is 42.1 Å². The van der Waals surface area contributed by atoms with Gasteiger partial charge in [0.2, 0.25) is 0 Å². The number of carbonyl (C=O) groups is 1. The van der Waals surface area contributed by atoms with Crippen molar-refractivity contribution >= 4 is 11.7 Å². The summed E-state index contributed by atoms with van der Waals surface area (Å²) in [4.78, 5) is 27.6. The van der Waals surface area contributed by atoms with Crippen LogP contribution in [0.1, 0.15) is 37.0 Å². The number of hydrogen-bond acceptors (Lipinski definition) is 6. The fourth-order valence-corrected chi connectivity index (χ4v) is 4.24. The molecule has 2 aliphatic heterocycles. The predicted molar refractivity (Wildman–Crippen MR) is 117 cm³/mol. The molecule has 2 aliphatic rings. The van der Waals surface area contributed by atoms with E-state index in [1.54, 1.807) is 18.1 Å². The van der Waals surface area contributed by atoms with Gasteiger partial charge in [0.25, 0.3) is 5.91 Å². The topological polar surface area (TPSA) is 61.8 Å². The molecule has 1 spiro atoms. The van der Waals surface area contributed by atoms with E-state index in [2.05, 4.69) is 26.8 Å². The summed E-state index contributed by atoms with van der Waals surface area (Å²) >= 11 is 0. The molecule has 0 unspecified atom stereocenters. The summed E-state index contributed by atoms with van der Waals surface area (Å²) in [5, 5.41) is 0. The zero-order valence-corrected chi connectivity index (χ0v) is 18.6. The van der Waals surface area contributed by atoms with Crippen LogP contribution in [0.5, 0.6) is 11.5 Å². The summed E-state index contributed by atoms with van der Waals surface area (Å²) in [6.07, 6.45) is 5.47. The number of rotatable bonds is 5. The molecule has 0 atom stereocenters. The lowest BCUT2D eigenvalue weighted by atomic mass is 9.72. The minimum atomic E-state index is -0.482. The lowest BCUT2D eigenvalue weighted by Gasteiger charge is -2.54. The molecule has 1 aromatic carbocycles. The van der Waals surface area contributed by atoms with Gasteiger partial charge in [-0.15, -0.1) is 0 Å². The van der Waals surface area contributed by atoms with Gasteiger partial charge >= 0.3 is 0 Å². The standard InChI is InChI=1S/C23H30FN5O2/c1-16(2)28(4)22(30)18-11-17(24)5-6-19(18)31-20-12-25-15-26-21(20)29-13-23(14-29)7-9-27(3)10-8-23/h5-6,11-12,15-16H,7-10,13-14H2,1-4H3. The Morgan fingerprint density at radius 2 is 1.94 bits per heavy atom.